The van der Waals surface area contributed by atoms with Crippen LogP contribution in [0.2, 0.25) is 0 Å². The van der Waals surface area contributed by atoms with Crippen molar-refractivity contribution >= 4 is 11.6 Å². The molecule has 1 aliphatic heterocycles. The Hall–Kier alpha value is -2.10. The highest BCUT2D eigenvalue weighted by molar-refractivity contribution is 5.92. The van der Waals surface area contributed by atoms with E-state index in [1.165, 1.54) is 0 Å². The van der Waals surface area contributed by atoms with E-state index in [2.05, 4.69) is 15.5 Å². The van der Waals surface area contributed by atoms with Crippen LogP contribution in [0.5, 0.6) is 5.75 Å². The number of hydrogen-bond donors (Lipinski definition) is 2. The second kappa shape index (κ2) is 8.25. The monoisotopic (exact) mass is 288 g/mol. The average Bonchev–Trinajstić information content (AvgIpc) is 2.75. The van der Waals surface area contributed by atoms with E-state index in [1.54, 1.807) is 24.3 Å². The number of amides is 1. The Morgan fingerprint density at radius 1 is 1.33 bits per heavy atom. The van der Waals surface area contributed by atoms with E-state index in [0.717, 1.165) is 38.3 Å². The highest BCUT2D eigenvalue weighted by Gasteiger charge is 2.12. The summed E-state index contributed by atoms with van der Waals surface area (Å²) in [6.45, 7) is 4.22. The van der Waals surface area contributed by atoms with E-state index in [0.29, 0.717) is 12.3 Å². The quantitative estimate of drug-likeness (QED) is 0.839. The van der Waals surface area contributed by atoms with Gasteiger partial charge in [0.1, 0.15) is 11.8 Å². The topological polar surface area (TPSA) is 77.4 Å². The van der Waals surface area contributed by atoms with Gasteiger partial charge in [-0.2, -0.15) is 5.26 Å². The summed E-state index contributed by atoms with van der Waals surface area (Å²) in [6, 6.07) is 8.93. The fraction of sp³-hybridized carbons (Fsp3) is 0.467. The van der Waals surface area contributed by atoms with Crippen LogP contribution in [0.3, 0.4) is 0 Å². The van der Waals surface area contributed by atoms with Gasteiger partial charge in [-0.1, -0.05) is 0 Å². The summed E-state index contributed by atoms with van der Waals surface area (Å²) in [5.74, 6) is 0.607. The zero-order valence-electron chi connectivity index (χ0n) is 12.0. The number of nitrogens with one attached hydrogen (secondary N) is 2. The molecular formula is C15H20N4O2. The normalized spacial score (nSPS) is 15.8. The molecule has 0 radical (unpaired) electrons. The Labute approximate surface area is 124 Å². The maximum Gasteiger partial charge on any atom is 0.238 e. The van der Waals surface area contributed by atoms with Crippen molar-refractivity contribution in [2.24, 2.45) is 0 Å². The van der Waals surface area contributed by atoms with E-state index < -0.39 is 0 Å². The third kappa shape index (κ3) is 5.42. The molecule has 0 spiro atoms. The SMILES string of the molecule is N#CCOc1ccc(NC(=O)CN2CCCNCC2)cc1. The first-order chi connectivity index (χ1) is 10.3. The van der Waals surface area contributed by atoms with Gasteiger partial charge in [-0.25, -0.2) is 0 Å². The van der Waals surface area contributed by atoms with Gasteiger partial charge in [0.25, 0.3) is 0 Å². The first-order valence-corrected chi connectivity index (χ1v) is 7.10. The van der Waals surface area contributed by atoms with Crippen molar-refractivity contribution in [3.8, 4) is 11.8 Å². The number of carbonyl (C=O) groups is 1. The molecule has 112 valence electrons. The maximum absolute atomic E-state index is 12.0. The van der Waals surface area contributed by atoms with Crippen molar-refractivity contribution in [2.75, 3.05) is 44.6 Å². The number of nitrogens with zero attached hydrogens (tertiary/aromatic N) is 2. The predicted octanol–water partition coefficient (Wildman–Crippen LogP) is 0.823. The first kappa shape index (κ1) is 15.3. The van der Waals surface area contributed by atoms with Crippen LogP contribution in [-0.2, 0) is 4.79 Å². The molecule has 21 heavy (non-hydrogen) atoms. The number of benzene rings is 1. The van der Waals surface area contributed by atoms with E-state index in [1.807, 2.05) is 6.07 Å². The van der Waals surface area contributed by atoms with Crippen LogP contribution < -0.4 is 15.4 Å². The fourth-order valence-electron chi connectivity index (χ4n) is 2.21. The highest BCUT2D eigenvalue weighted by Crippen LogP contribution is 2.15. The van der Waals surface area contributed by atoms with Crippen LogP contribution in [0.15, 0.2) is 24.3 Å². The smallest absolute Gasteiger partial charge is 0.238 e. The molecule has 1 aliphatic rings. The van der Waals surface area contributed by atoms with Crippen LogP contribution in [0.4, 0.5) is 5.69 Å². The lowest BCUT2D eigenvalue weighted by Crippen LogP contribution is -2.35. The van der Waals surface area contributed by atoms with E-state index in [-0.39, 0.29) is 12.5 Å². The average molecular weight is 288 g/mol. The summed E-state index contributed by atoms with van der Waals surface area (Å²) < 4.78 is 5.16. The minimum Gasteiger partial charge on any atom is -0.479 e. The highest BCUT2D eigenvalue weighted by atomic mass is 16.5. The molecule has 1 aromatic rings. The third-order valence-corrected chi connectivity index (χ3v) is 3.24. The summed E-state index contributed by atoms with van der Waals surface area (Å²) in [7, 11) is 0. The molecule has 1 heterocycles. The Morgan fingerprint density at radius 3 is 2.90 bits per heavy atom. The van der Waals surface area contributed by atoms with Crippen LogP contribution in [0, 0.1) is 11.3 Å². The van der Waals surface area contributed by atoms with Crippen molar-refractivity contribution in [1.29, 1.82) is 5.26 Å². The van der Waals surface area contributed by atoms with Gasteiger partial charge >= 0.3 is 0 Å². The van der Waals surface area contributed by atoms with Gasteiger partial charge in [0.2, 0.25) is 5.91 Å². The molecule has 2 rings (SSSR count). The summed E-state index contributed by atoms with van der Waals surface area (Å²) in [5.41, 5.74) is 0.734. The van der Waals surface area contributed by atoms with E-state index >= 15 is 0 Å². The van der Waals surface area contributed by atoms with Crippen LogP contribution >= 0.6 is 0 Å². The van der Waals surface area contributed by atoms with Gasteiger partial charge in [-0.3, -0.25) is 9.69 Å². The minimum atomic E-state index is -0.0115. The molecule has 2 N–H and O–H groups in total. The zero-order chi connectivity index (χ0) is 14.9. The van der Waals surface area contributed by atoms with Crippen LogP contribution in [-0.4, -0.2) is 50.1 Å². The summed E-state index contributed by atoms with van der Waals surface area (Å²) >= 11 is 0. The Kier molecular flexibility index (Phi) is 6.00. The minimum absolute atomic E-state index is 0.0115. The number of carbonyl (C=O) groups excluding carboxylic acids is 1. The number of rotatable bonds is 5. The fourth-order valence-corrected chi connectivity index (χ4v) is 2.21. The lowest BCUT2D eigenvalue weighted by molar-refractivity contribution is -0.117. The number of anilines is 1. The Bertz CT molecular complexity index is 487. The molecular weight excluding hydrogens is 268 g/mol. The second-order valence-corrected chi connectivity index (χ2v) is 4.90. The molecule has 1 fully saturated rings. The van der Waals surface area contributed by atoms with Gasteiger partial charge in [0.05, 0.1) is 6.54 Å². The molecule has 1 amide bonds. The van der Waals surface area contributed by atoms with Crippen molar-refractivity contribution in [3.63, 3.8) is 0 Å². The van der Waals surface area contributed by atoms with Crippen molar-refractivity contribution in [3.05, 3.63) is 24.3 Å². The molecule has 0 atom stereocenters. The standard InChI is InChI=1S/C15H20N4O2/c16-6-11-21-14-4-2-13(3-5-14)18-15(20)12-19-9-1-7-17-8-10-19/h2-5,17H,1,7-12H2,(H,18,20). The van der Waals surface area contributed by atoms with Crippen LogP contribution in [0.1, 0.15) is 6.42 Å². The molecule has 0 bridgehead atoms. The predicted molar refractivity (Wildman–Crippen MR) is 80.1 cm³/mol. The Balaban J connectivity index is 1.80. The van der Waals surface area contributed by atoms with E-state index in [9.17, 15) is 4.79 Å². The van der Waals surface area contributed by atoms with Gasteiger partial charge in [0, 0.05) is 18.8 Å². The largest absolute Gasteiger partial charge is 0.479 e. The summed E-state index contributed by atoms with van der Waals surface area (Å²) in [5, 5.41) is 14.6. The van der Waals surface area contributed by atoms with Gasteiger partial charge in [-0.15, -0.1) is 0 Å². The van der Waals surface area contributed by atoms with Crippen LogP contribution in [0.25, 0.3) is 0 Å². The number of hydrogen-bond acceptors (Lipinski definition) is 5. The second-order valence-electron chi connectivity index (χ2n) is 4.90. The van der Waals surface area contributed by atoms with Crippen molar-refractivity contribution in [2.45, 2.75) is 6.42 Å². The molecule has 1 saturated heterocycles. The zero-order valence-corrected chi connectivity index (χ0v) is 12.0. The van der Waals surface area contributed by atoms with Crippen molar-refractivity contribution < 1.29 is 9.53 Å². The van der Waals surface area contributed by atoms with Gasteiger partial charge < -0.3 is 15.4 Å². The molecule has 0 aliphatic carbocycles. The van der Waals surface area contributed by atoms with Gasteiger partial charge in [-0.05, 0) is 43.8 Å². The molecule has 6 nitrogen and oxygen atoms in total. The molecule has 1 aromatic carbocycles. The van der Waals surface area contributed by atoms with Gasteiger partial charge in [0.15, 0.2) is 6.61 Å². The summed E-state index contributed by atoms with van der Waals surface area (Å²) in [6.07, 6.45) is 1.07. The number of nitriles is 1. The number of ether oxygens (including phenoxy) is 1. The maximum atomic E-state index is 12.0. The molecule has 0 unspecified atom stereocenters. The molecule has 6 heteroatoms. The van der Waals surface area contributed by atoms with E-state index in [4.69, 9.17) is 10.00 Å². The summed E-state index contributed by atoms with van der Waals surface area (Å²) in [4.78, 5) is 14.2. The molecule has 0 saturated carbocycles. The Morgan fingerprint density at radius 2 is 2.14 bits per heavy atom. The van der Waals surface area contributed by atoms with Crippen molar-refractivity contribution in [1.82, 2.24) is 10.2 Å². The lowest BCUT2D eigenvalue weighted by Gasteiger charge is -2.18. The third-order valence-electron chi connectivity index (χ3n) is 3.24. The first-order valence-electron chi connectivity index (χ1n) is 7.10. The lowest BCUT2D eigenvalue weighted by atomic mass is 10.3. The molecule has 0 aromatic heterocycles.